The van der Waals surface area contributed by atoms with E-state index in [1.165, 1.54) is 24.0 Å². The van der Waals surface area contributed by atoms with Crippen LogP contribution in [0.25, 0.3) is 0 Å². The maximum absolute atomic E-state index is 13.8. The first-order valence-corrected chi connectivity index (χ1v) is 16.5. The summed E-state index contributed by atoms with van der Waals surface area (Å²) in [6, 6.07) is 24.2. The average Bonchev–Trinajstić information content (AvgIpc) is 3.77. The van der Waals surface area contributed by atoms with Crippen LogP contribution < -0.4 is 9.64 Å². The Morgan fingerprint density at radius 2 is 1.43 bits per heavy atom. The number of nitrogens with zero attached hydrogens (tertiary/aromatic N) is 4. The number of benzene rings is 3. The van der Waals surface area contributed by atoms with Crippen molar-refractivity contribution in [3.8, 4) is 5.75 Å². The van der Waals surface area contributed by atoms with Crippen LogP contribution in [0.1, 0.15) is 48.8 Å². The maximum atomic E-state index is 13.8. The number of hydrogen-bond acceptors (Lipinski definition) is 5. The van der Waals surface area contributed by atoms with E-state index in [2.05, 4.69) is 46.2 Å². The molecule has 1 aliphatic carbocycles. The number of anilines is 1. The van der Waals surface area contributed by atoms with Crippen LogP contribution >= 0.6 is 11.6 Å². The van der Waals surface area contributed by atoms with Crippen molar-refractivity contribution in [2.45, 2.75) is 51.7 Å². The smallest absolute Gasteiger partial charge is 0.260 e. The van der Waals surface area contributed by atoms with E-state index in [1.807, 2.05) is 46.2 Å². The van der Waals surface area contributed by atoms with Gasteiger partial charge in [-0.1, -0.05) is 60.1 Å². The lowest BCUT2D eigenvalue weighted by Gasteiger charge is -2.28. The molecule has 0 spiro atoms. The Balaban J connectivity index is 1.19. The third-order valence-electron chi connectivity index (χ3n) is 8.93. The number of fused-ring (bicyclic) bond motifs is 1. The van der Waals surface area contributed by atoms with E-state index in [4.69, 9.17) is 16.3 Å². The second-order valence-corrected chi connectivity index (χ2v) is 12.8. The van der Waals surface area contributed by atoms with Gasteiger partial charge in [0.2, 0.25) is 5.91 Å². The summed E-state index contributed by atoms with van der Waals surface area (Å²) in [4.78, 5) is 35.9. The monoisotopic (exact) mass is 614 g/mol. The summed E-state index contributed by atoms with van der Waals surface area (Å²) >= 11 is 6.48. The van der Waals surface area contributed by atoms with Crippen molar-refractivity contribution in [1.29, 1.82) is 0 Å². The van der Waals surface area contributed by atoms with Crippen molar-refractivity contribution in [1.82, 2.24) is 14.7 Å². The van der Waals surface area contributed by atoms with Gasteiger partial charge in [-0.2, -0.15) is 0 Å². The summed E-state index contributed by atoms with van der Waals surface area (Å²) < 4.78 is 6.02. The van der Waals surface area contributed by atoms with E-state index in [0.717, 1.165) is 69.8 Å². The molecule has 44 heavy (non-hydrogen) atoms. The quantitative estimate of drug-likeness (QED) is 0.312. The molecule has 2 aliphatic heterocycles. The lowest BCUT2D eigenvalue weighted by molar-refractivity contribution is -0.134. The van der Waals surface area contributed by atoms with Crippen molar-refractivity contribution in [2.75, 3.05) is 50.8 Å². The van der Waals surface area contributed by atoms with E-state index in [0.29, 0.717) is 30.4 Å². The van der Waals surface area contributed by atoms with E-state index in [1.54, 1.807) is 0 Å². The summed E-state index contributed by atoms with van der Waals surface area (Å²) in [7, 11) is 0. The molecule has 0 unspecified atom stereocenters. The molecule has 6 rings (SSSR count). The van der Waals surface area contributed by atoms with Gasteiger partial charge in [-0.05, 0) is 86.1 Å². The van der Waals surface area contributed by atoms with E-state index >= 15 is 0 Å². The predicted octanol–water partition coefficient (Wildman–Crippen LogP) is 5.99. The minimum atomic E-state index is -0.0778. The minimum Gasteiger partial charge on any atom is -0.484 e. The molecule has 3 aromatic carbocycles. The van der Waals surface area contributed by atoms with Crippen LogP contribution in [0.3, 0.4) is 0 Å². The third-order valence-corrected chi connectivity index (χ3v) is 9.16. The van der Waals surface area contributed by atoms with Gasteiger partial charge in [-0.15, -0.1) is 0 Å². The molecular weight excluding hydrogens is 572 g/mol. The number of hydrogen-bond donors (Lipinski definition) is 0. The number of rotatable bonds is 8. The summed E-state index contributed by atoms with van der Waals surface area (Å²) in [5, 5.41) is 0.590. The second-order valence-electron chi connectivity index (χ2n) is 12.4. The summed E-state index contributed by atoms with van der Waals surface area (Å²) in [6.07, 6.45) is 5.26. The average molecular weight is 615 g/mol. The zero-order valence-electron chi connectivity index (χ0n) is 25.5. The molecule has 0 aromatic heterocycles. The van der Waals surface area contributed by atoms with Crippen LogP contribution in [0.15, 0.2) is 72.8 Å². The molecule has 1 saturated heterocycles. The topological polar surface area (TPSA) is 56.3 Å². The predicted molar refractivity (Wildman–Crippen MR) is 175 cm³/mol. The van der Waals surface area contributed by atoms with Crippen molar-refractivity contribution >= 4 is 29.1 Å². The highest BCUT2D eigenvalue weighted by atomic mass is 35.5. The fourth-order valence-corrected chi connectivity index (χ4v) is 6.44. The molecule has 3 aromatic rings. The first kappa shape index (κ1) is 30.6. The van der Waals surface area contributed by atoms with Crippen LogP contribution in [0.2, 0.25) is 5.02 Å². The Morgan fingerprint density at radius 3 is 2.16 bits per heavy atom. The molecular formula is C36H43ClN4O3. The van der Waals surface area contributed by atoms with Gasteiger partial charge >= 0.3 is 0 Å². The fraction of sp³-hybridized carbons (Fsp3) is 0.444. The van der Waals surface area contributed by atoms with Crippen molar-refractivity contribution in [3.05, 3.63) is 94.5 Å². The van der Waals surface area contributed by atoms with Crippen LogP contribution in [0.4, 0.5) is 5.69 Å². The normalized spacial score (nSPS) is 18.5. The van der Waals surface area contributed by atoms with Crippen LogP contribution in [0.5, 0.6) is 5.75 Å². The van der Waals surface area contributed by atoms with Gasteiger partial charge in [0.05, 0.1) is 5.69 Å². The first-order valence-electron chi connectivity index (χ1n) is 16.1. The van der Waals surface area contributed by atoms with Gasteiger partial charge in [0.25, 0.3) is 5.91 Å². The maximum Gasteiger partial charge on any atom is 0.260 e. The lowest BCUT2D eigenvalue weighted by Crippen LogP contribution is -2.40. The van der Waals surface area contributed by atoms with Gasteiger partial charge in [0.1, 0.15) is 5.75 Å². The molecule has 8 heteroatoms. The molecule has 0 N–H and O–H groups in total. The Hall–Kier alpha value is -3.39. The Bertz CT molecular complexity index is 1410. The van der Waals surface area contributed by atoms with Crippen LogP contribution in [-0.4, -0.2) is 72.4 Å². The summed E-state index contributed by atoms with van der Waals surface area (Å²) in [5.41, 5.74) is 4.24. The number of carbonyl (C=O) groups excluding carboxylic acids is 2. The molecule has 2 amide bonds. The van der Waals surface area contributed by atoms with Gasteiger partial charge in [-0.25, -0.2) is 0 Å². The zero-order valence-corrected chi connectivity index (χ0v) is 26.3. The number of likely N-dealkylation sites (tertiary alicyclic amines) is 1. The van der Waals surface area contributed by atoms with Gasteiger partial charge < -0.3 is 14.5 Å². The van der Waals surface area contributed by atoms with Gasteiger partial charge in [0, 0.05) is 56.8 Å². The molecule has 2 heterocycles. The molecule has 3 aliphatic rings. The van der Waals surface area contributed by atoms with E-state index < -0.39 is 0 Å². The first-order chi connectivity index (χ1) is 21.5. The van der Waals surface area contributed by atoms with Crippen molar-refractivity contribution in [3.63, 3.8) is 0 Å². The standard InChI is InChI=1S/C36H43ClN4O3/c37-32-14-13-31-26-40(35(42)27-44-33-15-9-29(10-16-33)25-38-17-4-5-18-38)22-21-39(24-28-7-2-1-3-8-28)19-6-20-41(34(31)23-32)36(43)30-11-12-30/h1-3,7-10,13-16,23,30H,4-6,11-12,17-22,24-27H2. The molecule has 7 nitrogen and oxygen atoms in total. The summed E-state index contributed by atoms with van der Waals surface area (Å²) in [5.74, 6) is 0.864. The number of carbonyl (C=O) groups is 2. The van der Waals surface area contributed by atoms with E-state index in [-0.39, 0.29) is 24.3 Å². The molecule has 0 radical (unpaired) electrons. The number of amides is 2. The molecule has 2 fully saturated rings. The zero-order chi connectivity index (χ0) is 30.3. The number of ether oxygens (including phenoxy) is 1. The van der Waals surface area contributed by atoms with Crippen LogP contribution in [0, 0.1) is 5.92 Å². The molecule has 232 valence electrons. The Morgan fingerprint density at radius 1 is 0.750 bits per heavy atom. The Kier molecular flexibility index (Phi) is 10.2. The lowest BCUT2D eigenvalue weighted by atomic mass is 10.1. The van der Waals surface area contributed by atoms with Gasteiger partial charge in [0.15, 0.2) is 6.61 Å². The minimum absolute atomic E-state index is 0.0439. The second kappa shape index (κ2) is 14.6. The summed E-state index contributed by atoms with van der Waals surface area (Å²) in [6.45, 7) is 7.14. The highest BCUT2D eigenvalue weighted by Crippen LogP contribution is 2.35. The fourth-order valence-electron chi connectivity index (χ4n) is 6.27. The number of halogens is 1. The SMILES string of the molecule is O=C(COc1ccc(CN2CCCC2)cc1)N1CCN(Cc2ccccc2)CCCN(C(=O)C2CC2)c2cc(Cl)ccc2C1. The highest BCUT2D eigenvalue weighted by Gasteiger charge is 2.35. The van der Waals surface area contributed by atoms with Crippen LogP contribution in [-0.2, 0) is 29.2 Å². The third kappa shape index (κ3) is 8.20. The molecule has 0 bridgehead atoms. The molecule has 1 saturated carbocycles. The van der Waals surface area contributed by atoms with Gasteiger partial charge in [-0.3, -0.25) is 19.4 Å². The largest absolute Gasteiger partial charge is 0.484 e. The van der Waals surface area contributed by atoms with E-state index in [9.17, 15) is 9.59 Å². The highest BCUT2D eigenvalue weighted by molar-refractivity contribution is 6.31. The van der Waals surface area contributed by atoms with Crippen molar-refractivity contribution in [2.24, 2.45) is 5.92 Å². The van der Waals surface area contributed by atoms with Crippen molar-refractivity contribution < 1.29 is 14.3 Å². The Labute approximate surface area is 266 Å². The molecule has 0 atom stereocenters.